The van der Waals surface area contributed by atoms with Gasteiger partial charge >= 0.3 is 5.69 Å². The molecule has 0 atom stereocenters. The molecule has 10 heteroatoms. The molecule has 0 aliphatic rings. The Morgan fingerprint density at radius 2 is 1.95 bits per heavy atom. The van der Waals surface area contributed by atoms with Crippen LogP contribution in [-0.4, -0.2) is 44.2 Å². The maximum absolute atomic E-state index is 10.9. The quantitative estimate of drug-likeness (QED) is 0.349. The summed E-state index contributed by atoms with van der Waals surface area (Å²) in [6, 6.07) is 2.89. The number of hydrogen-bond acceptors (Lipinski definition) is 7. The molecule has 1 aromatic rings. The predicted molar refractivity (Wildman–Crippen MR) is 81.0 cm³/mol. The Bertz CT molecular complexity index is 590. The van der Waals surface area contributed by atoms with Crippen LogP contribution in [0.1, 0.15) is 13.3 Å². The van der Waals surface area contributed by atoms with Crippen LogP contribution in [0, 0.1) is 10.1 Å². The van der Waals surface area contributed by atoms with E-state index in [0.29, 0.717) is 12.4 Å². The molecular formula is C11H19N5O4S. The standard InChI is InChI=1S/C11H19N5O4S/c1-3-6-12-10-5-4-9(16(17)18)11(15-10)13-7-8-14-21(2,19)20/h4-5,14H,3,6-8H2,1-2H3,(H2,12,13,15). The summed E-state index contributed by atoms with van der Waals surface area (Å²) in [7, 11) is -3.28. The average molecular weight is 317 g/mol. The number of nitrogens with one attached hydrogen (secondary N) is 3. The normalized spacial score (nSPS) is 11.1. The van der Waals surface area contributed by atoms with Gasteiger partial charge in [0.15, 0.2) is 0 Å². The molecule has 0 unspecified atom stereocenters. The monoisotopic (exact) mass is 317 g/mol. The van der Waals surface area contributed by atoms with E-state index in [1.54, 1.807) is 0 Å². The molecule has 0 saturated heterocycles. The van der Waals surface area contributed by atoms with Crippen LogP contribution in [0.3, 0.4) is 0 Å². The number of hydrogen-bond donors (Lipinski definition) is 3. The van der Waals surface area contributed by atoms with Crippen LogP contribution in [0.15, 0.2) is 12.1 Å². The van der Waals surface area contributed by atoms with E-state index in [0.717, 1.165) is 12.7 Å². The van der Waals surface area contributed by atoms with E-state index in [-0.39, 0.29) is 24.6 Å². The summed E-state index contributed by atoms with van der Waals surface area (Å²) in [5.74, 6) is 0.637. The van der Waals surface area contributed by atoms with Crippen molar-refractivity contribution in [3.8, 4) is 0 Å². The van der Waals surface area contributed by atoms with Crippen molar-refractivity contribution in [2.75, 3.05) is 36.5 Å². The third kappa shape index (κ3) is 6.36. The van der Waals surface area contributed by atoms with E-state index in [1.165, 1.54) is 12.1 Å². The van der Waals surface area contributed by atoms with Crippen molar-refractivity contribution < 1.29 is 13.3 Å². The van der Waals surface area contributed by atoms with Crippen LogP contribution in [0.4, 0.5) is 17.3 Å². The SMILES string of the molecule is CCCNc1ccc([N+](=O)[O-])c(NCCNS(C)(=O)=O)n1. The number of nitro groups is 1. The first-order valence-electron chi connectivity index (χ1n) is 6.41. The minimum Gasteiger partial charge on any atom is -0.370 e. The van der Waals surface area contributed by atoms with Gasteiger partial charge < -0.3 is 10.6 Å². The van der Waals surface area contributed by atoms with Gasteiger partial charge in [0.1, 0.15) is 5.82 Å². The Labute approximate surface area is 123 Å². The van der Waals surface area contributed by atoms with Gasteiger partial charge in [-0.05, 0) is 12.5 Å². The van der Waals surface area contributed by atoms with Crippen LogP contribution >= 0.6 is 0 Å². The van der Waals surface area contributed by atoms with Crippen molar-refractivity contribution in [2.24, 2.45) is 0 Å². The lowest BCUT2D eigenvalue weighted by Crippen LogP contribution is -2.28. The first kappa shape index (κ1) is 17.1. The number of sulfonamides is 1. The summed E-state index contributed by atoms with van der Waals surface area (Å²) in [5.41, 5.74) is -0.156. The molecule has 21 heavy (non-hydrogen) atoms. The molecule has 0 fully saturated rings. The van der Waals surface area contributed by atoms with Crippen molar-refractivity contribution in [3.63, 3.8) is 0 Å². The first-order chi connectivity index (χ1) is 9.83. The van der Waals surface area contributed by atoms with Crippen LogP contribution in [0.25, 0.3) is 0 Å². The molecule has 0 spiro atoms. The van der Waals surface area contributed by atoms with E-state index in [2.05, 4.69) is 20.3 Å². The molecule has 0 radical (unpaired) electrons. The van der Waals surface area contributed by atoms with Crippen molar-refractivity contribution in [1.29, 1.82) is 0 Å². The molecule has 0 saturated carbocycles. The Morgan fingerprint density at radius 3 is 2.52 bits per heavy atom. The Hall–Kier alpha value is -1.94. The second kappa shape index (κ2) is 7.74. The van der Waals surface area contributed by atoms with E-state index in [1.807, 2.05) is 6.92 Å². The second-order valence-corrected chi connectivity index (χ2v) is 6.17. The summed E-state index contributed by atoms with van der Waals surface area (Å²) < 4.78 is 24.1. The lowest BCUT2D eigenvalue weighted by Gasteiger charge is -2.09. The summed E-state index contributed by atoms with van der Waals surface area (Å²) in [5, 5.41) is 16.7. The smallest absolute Gasteiger partial charge is 0.311 e. The fourth-order valence-electron chi connectivity index (χ4n) is 1.50. The predicted octanol–water partition coefficient (Wildman–Crippen LogP) is 0.773. The highest BCUT2D eigenvalue weighted by Gasteiger charge is 2.15. The minimum absolute atomic E-state index is 0.108. The zero-order valence-corrected chi connectivity index (χ0v) is 12.7. The van der Waals surface area contributed by atoms with Crippen LogP contribution < -0.4 is 15.4 Å². The van der Waals surface area contributed by atoms with Gasteiger partial charge in [-0.2, -0.15) is 0 Å². The Balaban J connectivity index is 2.74. The molecular weight excluding hydrogens is 298 g/mol. The van der Waals surface area contributed by atoms with Crippen LogP contribution in [-0.2, 0) is 10.0 Å². The van der Waals surface area contributed by atoms with Crippen molar-refractivity contribution in [1.82, 2.24) is 9.71 Å². The van der Waals surface area contributed by atoms with Gasteiger partial charge in [-0.3, -0.25) is 10.1 Å². The topological polar surface area (TPSA) is 126 Å². The summed E-state index contributed by atoms with van der Waals surface area (Å²) in [4.78, 5) is 14.5. The van der Waals surface area contributed by atoms with Crippen LogP contribution in [0.2, 0.25) is 0 Å². The fourth-order valence-corrected chi connectivity index (χ4v) is 1.97. The molecule has 1 heterocycles. The summed E-state index contributed by atoms with van der Waals surface area (Å²) in [6.45, 7) is 3.01. The van der Waals surface area contributed by atoms with E-state index >= 15 is 0 Å². The zero-order chi connectivity index (χ0) is 15.9. The molecule has 0 aliphatic carbocycles. The number of rotatable bonds is 9. The van der Waals surface area contributed by atoms with Gasteiger partial charge in [-0.15, -0.1) is 0 Å². The maximum Gasteiger partial charge on any atom is 0.311 e. The fraction of sp³-hybridized carbons (Fsp3) is 0.545. The van der Waals surface area contributed by atoms with E-state index < -0.39 is 14.9 Å². The van der Waals surface area contributed by atoms with Gasteiger partial charge in [0.05, 0.1) is 11.2 Å². The first-order valence-corrected chi connectivity index (χ1v) is 8.30. The van der Waals surface area contributed by atoms with Crippen LogP contribution in [0.5, 0.6) is 0 Å². The Morgan fingerprint density at radius 1 is 1.24 bits per heavy atom. The van der Waals surface area contributed by atoms with Gasteiger partial charge in [0.2, 0.25) is 15.8 Å². The summed E-state index contributed by atoms with van der Waals surface area (Å²) in [6.07, 6.45) is 1.95. The summed E-state index contributed by atoms with van der Waals surface area (Å²) >= 11 is 0. The van der Waals surface area contributed by atoms with Gasteiger partial charge in [-0.1, -0.05) is 6.92 Å². The van der Waals surface area contributed by atoms with Gasteiger partial charge in [0, 0.05) is 25.7 Å². The zero-order valence-electron chi connectivity index (χ0n) is 11.9. The number of pyridine rings is 1. The molecule has 0 amide bonds. The molecule has 3 N–H and O–H groups in total. The van der Waals surface area contributed by atoms with Gasteiger partial charge in [-0.25, -0.2) is 18.1 Å². The van der Waals surface area contributed by atoms with Crippen molar-refractivity contribution >= 4 is 27.3 Å². The number of anilines is 2. The third-order valence-corrected chi connectivity index (χ3v) is 3.14. The minimum atomic E-state index is -3.28. The van der Waals surface area contributed by atoms with Crippen molar-refractivity contribution in [3.05, 3.63) is 22.2 Å². The average Bonchev–Trinajstić information content (AvgIpc) is 2.40. The van der Waals surface area contributed by atoms with E-state index in [4.69, 9.17) is 0 Å². The highest BCUT2D eigenvalue weighted by atomic mass is 32.2. The van der Waals surface area contributed by atoms with Crippen molar-refractivity contribution in [2.45, 2.75) is 13.3 Å². The largest absolute Gasteiger partial charge is 0.370 e. The highest BCUT2D eigenvalue weighted by Crippen LogP contribution is 2.23. The second-order valence-electron chi connectivity index (χ2n) is 4.34. The lowest BCUT2D eigenvalue weighted by atomic mass is 10.3. The highest BCUT2D eigenvalue weighted by molar-refractivity contribution is 7.88. The molecule has 118 valence electrons. The third-order valence-electron chi connectivity index (χ3n) is 2.41. The molecule has 1 aromatic heterocycles. The van der Waals surface area contributed by atoms with E-state index in [9.17, 15) is 18.5 Å². The number of aromatic nitrogens is 1. The molecule has 1 rings (SSSR count). The lowest BCUT2D eigenvalue weighted by molar-refractivity contribution is -0.384. The molecule has 0 aromatic carbocycles. The number of nitrogens with zero attached hydrogens (tertiary/aromatic N) is 2. The Kier molecular flexibility index (Phi) is 6.31. The maximum atomic E-state index is 10.9. The molecule has 0 aliphatic heterocycles. The van der Waals surface area contributed by atoms with Gasteiger partial charge in [0.25, 0.3) is 0 Å². The molecule has 0 bridgehead atoms. The molecule has 9 nitrogen and oxygen atoms in total.